The Morgan fingerprint density at radius 1 is 1.38 bits per heavy atom. The van der Waals surface area contributed by atoms with Crippen LogP contribution in [0, 0.1) is 0 Å². The van der Waals surface area contributed by atoms with E-state index in [4.69, 9.17) is 5.73 Å². The molecule has 0 heterocycles. The van der Waals surface area contributed by atoms with Crippen LogP contribution in [0.1, 0.15) is 46.0 Å². The minimum Gasteiger partial charge on any atom is -0.328 e. The highest BCUT2D eigenvalue weighted by Crippen LogP contribution is 2.34. The minimum absolute atomic E-state index is 0.0452. The number of halogens is 1. The molecule has 0 aliphatic heterocycles. The predicted octanol–water partition coefficient (Wildman–Crippen LogP) is 1.81. The first kappa shape index (κ1) is 13.9. The van der Waals surface area contributed by atoms with Crippen LogP contribution in [-0.2, 0) is 9.84 Å². The van der Waals surface area contributed by atoms with Gasteiger partial charge >= 0.3 is 0 Å². The predicted molar refractivity (Wildman–Crippen MR) is 63.8 cm³/mol. The molecule has 1 saturated carbocycles. The second-order valence-electron chi connectivity index (χ2n) is 5.15. The number of rotatable bonds is 4. The molecule has 1 aliphatic carbocycles. The van der Waals surface area contributed by atoms with Gasteiger partial charge in [0.15, 0.2) is 9.84 Å². The van der Waals surface area contributed by atoms with E-state index in [2.05, 4.69) is 0 Å². The third kappa shape index (κ3) is 3.70. The zero-order valence-electron chi connectivity index (χ0n) is 10.1. The fourth-order valence-corrected chi connectivity index (χ4v) is 3.09. The zero-order valence-corrected chi connectivity index (χ0v) is 10.9. The minimum atomic E-state index is -3.12. The fraction of sp³-hybridized carbons (Fsp3) is 1.00. The molecule has 0 bridgehead atoms. The Hall–Kier alpha value is -0.160. The van der Waals surface area contributed by atoms with Gasteiger partial charge in [-0.15, -0.1) is 0 Å². The lowest BCUT2D eigenvalue weighted by atomic mass is 9.82. The molecule has 0 aromatic carbocycles. The molecule has 1 aliphatic rings. The lowest BCUT2D eigenvalue weighted by Crippen LogP contribution is -2.37. The van der Waals surface area contributed by atoms with Gasteiger partial charge in [0.2, 0.25) is 0 Å². The van der Waals surface area contributed by atoms with Gasteiger partial charge in [0.05, 0.1) is 11.0 Å². The van der Waals surface area contributed by atoms with Gasteiger partial charge in [0.1, 0.15) is 5.67 Å². The van der Waals surface area contributed by atoms with Crippen LogP contribution in [0.4, 0.5) is 4.39 Å². The molecule has 0 aromatic heterocycles. The molecular formula is C11H22FNO2S. The van der Waals surface area contributed by atoms with Gasteiger partial charge in [-0.2, -0.15) is 0 Å². The average molecular weight is 251 g/mol. The molecular weight excluding hydrogens is 229 g/mol. The SMILES string of the molecule is CC(C)S(=O)(=O)CCC1(F)CCC(N)CC1. The summed E-state index contributed by atoms with van der Waals surface area (Å²) >= 11 is 0. The van der Waals surface area contributed by atoms with Gasteiger partial charge < -0.3 is 5.73 Å². The normalized spacial score (nSPS) is 31.9. The standard InChI is InChI=1S/C11H22FNO2S/c1-9(2)16(14,15)8-7-11(12)5-3-10(13)4-6-11/h9-10H,3-8,13H2,1-2H3. The average Bonchev–Trinajstić information content (AvgIpc) is 2.20. The van der Waals surface area contributed by atoms with Crippen LogP contribution in [0.15, 0.2) is 0 Å². The molecule has 0 saturated heterocycles. The van der Waals surface area contributed by atoms with Gasteiger partial charge in [-0.3, -0.25) is 0 Å². The molecule has 0 spiro atoms. The molecule has 1 fully saturated rings. The lowest BCUT2D eigenvalue weighted by molar-refractivity contribution is 0.0955. The first-order valence-electron chi connectivity index (χ1n) is 5.91. The van der Waals surface area contributed by atoms with E-state index in [1.54, 1.807) is 13.8 Å². The van der Waals surface area contributed by atoms with Crippen LogP contribution >= 0.6 is 0 Å². The highest BCUT2D eigenvalue weighted by Gasteiger charge is 2.35. The summed E-state index contributed by atoms with van der Waals surface area (Å²) in [5.41, 5.74) is 4.39. The number of sulfone groups is 1. The lowest BCUT2D eigenvalue weighted by Gasteiger charge is -2.32. The van der Waals surface area contributed by atoms with Crippen molar-refractivity contribution in [2.75, 3.05) is 5.75 Å². The molecule has 0 amide bonds. The molecule has 3 nitrogen and oxygen atoms in total. The van der Waals surface area contributed by atoms with E-state index >= 15 is 0 Å². The van der Waals surface area contributed by atoms with E-state index in [0.29, 0.717) is 25.7 Å². The first-order chi connectivity index (χ1) is 7.25. The summed E-state index contributed by atoms with van der Waals surface area (Å²) in [6.45, 7) is 3.27. The number of alkyl halides is 1. The molecule has 0 radical (unpaired) electrons. The van der Waals surface area contributed by atoms with Crippen LogP contribution in [0.5, 0.6) is 0 Å². The van der Waals surface area contributed by atoms with E-state index in [0.717, 1.165) is 0 Å². The third-order valence-electron chi connectivity index (χ3n) is 3.48. The molecule has 96 valence electrons. The Bertz CT molecular complexity index is 319. The first-order valence-corrected chi connectivity index (χ1v) is 7.63. The summed E-state index contributed by atoms with van der Waals surface area (Å²) in [4.78, 5) is 0. The maximum absolute atomic E-state index is 14.2. The summed E-state index contributed by atoms with van der Waals surface area (Å²) in [7, 11) is -3.12. The van der Waals surface area contributed by atoms with Crippen molar-refractivity contribution in [1.82, 2.24) is 0 Å². The highest BCUT2D eigenvalue weighted by molar-refractivity contribution is 7.91. The van der Waals surface area contributed by atoms with Crippen molar-refractivity contribution in [2.45, 2.75) is 62.9 Å². The van der Waals surface area contributed by atoms with E-state index in [9.17, 15) is 12.8 Å². The smallest absolute Gasteiger partial charge is 0.152 e. The summed E-state index contributed by atoms with van der Waals surface area (Å²) in [5, 5.41) is -0.415. The van der Waals surface area contributed by atoms with Crippen molar-refractivity contribution >= 4 is 9.84 Å². The second-order valence-corrected chi connectivity index (χ2v) is 7.83. The molecule has 5 heteroatoms. The number of hydrogen-bond acceptors (Lipinski definition) is 3. The maximum Gasteiger partial charge on any atom is 0.152 e. The largest absolute Gasteiger partial charge is 0.328 e. The number of hydrogen-bond donors (Lipinski definition) is 1. The Morgan fingerprint density at radius 3 is 2.31 bits per heavy atom. The third-order valence-corrected chi connectivity index (χ3v) is 5.69. The Morgan fingerprint density at radius 2 is 1.88 bits per heavy atom. The number of nitrogens with two attached hydrogens (primary N) is 1. The van der Waals surface area contributed by atoms with Crippen molar-refractivity contribution in [3.63, 3.8) is 0 Å². The quantitative estimate of drug-likeness (QED) is 0.829. The summed E-state index contributed by atoms with van der Waals surface area (Å²) in [5.74, 6) is -0.0452. The van der Waals surface area contributed by atoms with Crippen molar-refractivity contribution in [3.8, 4) is 0 Å². The van der Waals surface area contributed by atoms with Crippen LogP contribution in [0.25, 0.3) is 0 Å². The van der Waals surface area contributed by atoms with E-state index in [1.165, 1.54) is 0 Å². The van der Waals surface area contributed by atoms with Gasteiger partial charge in [-0.05, 0) is 46.0 Å². The van der Waals surface area contributed by atoms with Gasteiger partial charge in [-0.1, -0.05) is 0 Å². The van der Waals surface area contributed by atoms with Crippen molar-refractivity contribution in [3.05, 3.63) is 0 Å². The van der Waals surface area contributed by atoms with Crippen molar-refractivity contribution < 1.29 is 12.8 Å². The molecule has 2 N–H and O–H groups in total. The monoisotopic (exact) mass is 251 g/mol. The topological polar surface area (TPSA) is 60.2 Å². The zero-order chi connectivity index (χ0) is 12.4. The van der Waals surface area contributed by atoms with Crippen LogP contribution in [0.3, 0.4) is 0 Å². The van der Waals surface area contributed by atoms with E-state index < -0.39 is 20.8 Å². The van der Waals surface area contributed by atoms with Gasteiger partial charge in [0, 0.05) is 6.04 Å². The van der Waals surface area contributed by atoms with Gasteiger partial charge in [0.25, 0.3) is 0 Å². The molecule has 0 unspecified atom stereocenters. The van der Waals surface area contributed by atoms with E-state index in [-0.39, 0.29) is 18.2 Å². The summed E-state index contributed by atoms with van der Waals surface area (Å²) < 4.78 is 37.4. The Labute approximate surface area is 97.5 Å². The molecule has 0 aromatic rings. The van der Waals surface area contributed by atoms with Crippen LogP contribution in [0.2, 0.25) is 0 Å². The van der Waals surface area contributed by atoms with Crippen molar-refractivity contribution in [1.29, 1.82) is 0 Å². The Balaban J connectivity index is 2.49. The van der Waals surface area contributed by atoms with Crippen LogP contribution in [-0.4, -0.2) is 31.1 Å². The van der Waals surface area contributed by atoms with Crippen molar-refractivity contribution in [2.24, 2.45) is 5.73 Å². The van der Waals surface area contributed by atoms with E-state index in [1.807, 2.05) is 0 Å². The molecule has 0 atom stereocenters. The van der Waals surface area contributed by atoms with Gasteiger partial charge in [-0.25, -0.2) is 12.8 Å². The molecule has 1 rings (SSSR count). The Kier molecular flexibility index (Phi) is 4.35. The summed E-state index contributed by atoms with van der Waals surface area (Å²) in [6, 6.07) is 0.0885. The summed E-state index contributed by atoms with van der Waals surface area (Å²) in [6.07, 6.45) is 2.26. The highest BCUT2D eigenvalue weighted by atomic mass is 32.2. The van der Waals surface area contributed by atoms with Crippen LogP contribution < -0.4 is 5.73 Å². The maximum atomic E-state index is 14.2. The fourth-order valence-electron chi connectivity index (χ4n) is 1.97. The second kappa shape index (κ2) is 5.00. The molecule has 16 heavy (non-hydrogen) atoms.